The Bertz CT molecular complexity index is 2020. The molecule has 0 saturated carbocycles. The third-order valence-corrected chi connectivity index (χ3v) is 7.24. The number of ether oxygens (including phenoxy) is 1. The van der Waals surface area contributed by atoms with E-state index < -0.39 is 0 Å². The highest BCUT2D eigenvalue weighted by Crippen LogP contribution is 2.32. The van der Waals surface area contributed by atoms with Crippen LogP contribution in [0.1, 0.15) is 11.1 Å². The molecule has 0 aliphatic heterocycles. The third kappa shape index (κ3) is 5.70. The van der Waals surface area contributed by atoms with Gasteiger partial charge in [-0.15, -0.1) is 0 Å². The van der Waals surface area contributed by atoms with Gasteiger partial charge < -0.3 is 14.5 Å². The number of nitrogens with zero attached hydrogens (tertiary/aromatic N) is 3. The number of para-hydroxylation sites is 2. The van der Waals surface area contributed by atoms with Crippen LogP contribution in [-0.4, -0.2) is 28.4 Å². The number of carbonyl (C=O) groups is 1. The molecule has 208 valence electrons. The van der Waals surface area contributed by atoms with Crippen LogP contribution in [0.25, 0.3) is 33.5 Å². The highest BCUT2D eigenvalue weighted by molar-refractivity contribution is 9.10. The zero-order valence-corrected chi connectivity index (χ0v) is 24.5. The molecule has 8 nitrogen and oxygen atoms in total. The van der Waals surface area contributed by atoms with Gasteiger partial charge >= 0.3 is 0 Å². The molecule has 0 radical (unpaired) electrons. The fourth-order valence-corrected chi connectivity index (χ4v) is 5.35. The van der Waals surface area contributed by atoms with Crippen molar-refractivity contribution in [2.24, 2.45) is 5.10 Å². The predicted molar refractivity (Wildman–Crippen MR) is 169 cm³/mol. The Labute approximate surface area is 253 Å². The van der Waals surface area contributed by atoms with Crippen molar-refractivity contribution in [3.8, 4) is 17.3 Å². The van der Waals surface area contributed by atoms with Gasteiger partial charge in [0.05, 0.1) is 21.6 Å². The Hall–Kier alpha value is -4.73. The molecule has 6 rings (SSSR count). The number of hydrogen-bond donors (Lipinski definition) is 1. The van der Waals surface area contributed by atoms with Crippen molar-refractivity contribution in [1.82, 2.24) is 9.66 Å². The van der Waals surface area contributed by atoms with Crippen LogP contribution in [0, 0.1) is 6.92 Å². The topological polar surface area (TPSA) is 98.7 Å². The van der Waals surface area contributed by atoms with Crippen LogP contribution >= 0.6 is 27.5 Å². The first kappa shape index (κ1) is 27.4. The number of aromatic nitrogens is 2. The Morgan fingerprint density at radius 2 is 1.83 bits per heavy atom. The lowest BCUT2D eigenvalue weighted by molar-refractivity contribution is -0.118. The number of hydrogen-bond acceptors (Lipinski definition) is 6. The second-order valence-corrected chi connectivity index (χ2v) is 10.8. The molecule has 1 amide bonds. The highest BCUT2D eigenvalue weighted by Gasteiger charge is 2.17. The van der Waals surface area contributed by atoms with Gasteiger partial charge in [0.25, 0.3) is 11.5 Å². The summed E-state index contributed by atoms with van der Waals surface area (Å²) in [5, 5.41) is 8.98. The largest absolute Gasteiger partial charge is 0.482 e. The number of halogens is 2. The fraction of sp³-hybridized carbons (Fsp3) is 0.0625. The number of benzene rings is 4. The first-order chi connectivity index (χ1) is 20.4. The van der Waals surface area contributed by atoms with E-state index in [-0.39, 0.29) is 23.9 Å². The van der Waals surface area contributed by atoms with Crippen LogP contribution < -0.4 is 15.6 Å². The Kier molecular flexibility index (Phi) is 7.60. The number of amides is 1. The summed E-state index contributed by atoms with van der Waals surface area (Å²) >= 11 is 9.81. The molecule has 42 heavy (non-hydrogen) atoms. The summed E-state index contributed by atoms with van der Waals surface area (Å²) in [6, 6.07) is 27.1. The van der Waals surface area contributed by atoms with Crippen molar-refractivity contribution in [3.05, 3.63) is 122 Å². The van der Waals surface area contributed by atoms with E-state index in [0.29, 0.717) is 48.7 Å². The molecule has 4 aromatic carbocycles. The van der Waals surface area contributed by atoms with Crippen molar-refractivity contribution >= 4 is 67.2 Å². The zero-order chi connectivity index (χ0) is 29.2. The van der Waals surface area contributed by atoms with Gasteiger partial charge in [-0.3, -0.25) is 9.59 Å². The second kappa shape index (κ2) is 11.6. The van der Waals surface area contributed by atoms with E-state index in [9.17, 15) is 9.59 Å². The molecular weight excluding hydrogens is 620 g/mol. The van der Waals surface area contributed by atoms with Crippen LogP contribution in [0.5, 0.6) is 5.75 Å². The summed E-state index contributed by atoms with van der Waals surface area (Å²) in [5.74, 6) is 0.597. The first-order valence-corrected chi connectivity index (χ1v) is 14.1. The average molecular weight is 642 g/mol. The Morgan fingerprint density at radius 3 is 2.64 bits per heavy atom. The van der Waals surface area contributed by atoms with Gasteiger partial charge in [-0.05, 0) is 71.4 Å². The van der Waals surface area contributed by atoms with E-state index in [1.54, 1.807) is 30.3 Å². The van der Waals surface area contributed by atoms with E-state index in [4.69, 9.17) is 25.7 Å². The van der Waals surface area contributed by atoms with Gasteiger partial charge in [-0.2, -0.15) is 9.78 Å². The lowest BCUT2D eigenvalue weighted by Crippen LogP contribution is -2.21. The van der Waals surface area contributed by atoms with Crippen molar-refractivity contribution in [1.29, 1.82) is 0 Å². The molecule has 0 aliphatic rings. The maximum atomic E-state index is 13.6. The molecule has 0 unspecified atom stereocenters. The molecule has 2 aromatic heterocycles. The van der Waals surface area contributed by atoms with Crippen LogP contribution in [0.4, 0.5) is 5.69 Å². The second-order valence-electron chi connectivity index (χ2n) is 9.47. The summed E-state index contributed by atoms with van der Waals surface area (Å²) in [4.78, 5) is 31.0. The number of carbonyl (C=O) groups excluding carboxylic acids is 1. The molecule has 0 aliphatic carbocycles. The van der Waals surface area contributed by atoms with Gasteiger partial charge in [0.15, 0.2) is 12.4 Å². The molecule has 0 fully saturated rings. The molecule has 0 atom stereocenters. The summed E-state index contributed by atoms with van der Waals surface area (Å²) in [7, 11) is 0. The van der Waals surface area contributed by atoms with Crippen LogP contribution in [0.2, 0.25) is 5.02 Å². The van der Waals surface area contributed by atoms with E-state index in [1.807, 2.05) is 67.6 Å². The Balaban J connectivity index is 1.37. The number of rotatable bonds is 7. The van der Waals surface area contributed by atoms with Crippen LogP contribution in [0.3, 0.4) is 0 Å². The van der Waals surface area contributed by atoms with Gasteiger partial charge in [0.2, 0.25) is 5.82 Å². The summed E-state index contributed by atoms with van der Waals surface area (Å²) in [5.41, 5.74) is 2.97. The van der Waals surface area contributed by atoms with Gasteiger partial charge in [-0.25, -0.2) is 4.98 Å². The first-order valence-electron chi connectivity index (χ1n) is 12.9. The van der Waals surface area contributed by atoms with Crippen molar-refractivity contribution in [3.63, 3.8) is 0 Å². The van der Waals surface area contributed by atoms with E-state index in [0.717, 1.165) is 10.9 Å². The lowest BCUT2D eigenvalue weighted by atomic mass is 10.2. The average Bonchev–Trinajstić information content (AvgIpc) is 3.41. The monoisotopic (exact) mass is 640 g/mol. The van der Waals surface area contributed by atoms with E-state index in [2.05, 4.69) is 26.3 Å². The number of furan rings is 1. The van der Waals surface area contributed by atoms with Gasteiger partial charge in [0, 0.05) is 21.7 Å². The number of aryl methyl sites for hydroxylation is 1. The predicted octanol–water partition coefficient (Wildman–Crippen LogP) is 7.43. The summed E-state index contributed by atoms with van der Waals surface area (Å²) < 4.78 is 13.6. The standard InChI is InChI=1S/C32H22BrClN4O4/c1-19-10-12-23(13-11-19)36-29(39)18-41-30-21(14-22(34)16-25(30)33)17-35-38-31(28-15-20-6-2-5-9-27(20)42-28)37-26-8-4-3-7-24(26)32(38)40/h2-17H,18H2,1H3,(H,36,39). The highest BCUT2D eigenvalue weighted by atomic mass is 79.9. The maximum Gasteiger partial charge on any atom is 0.282 e. The van der Waals surface area contributed by atoms with Crippen molar-refractivity contribution in [2.75, 3.05) is 11.9 Å². The molecule has 10 heteroatoms. The van der Waals surface area contributed by atoms with Crippen LogP contribution in [-0.2, 0) is 4.79 Å². The van der Waals surface area contributed by atoms with Gasteiger partial charge in [-0.1, -0.05) is 59.6 Å². The molecule has 1 N–H and O–H groups in total. The SMILES string of the molecule is Cc1ccc(NC(=O)COc2c(Br)cc(Cl)cc2C=Nn2c(-c3cc4ccccc4o3)nc3ccccc3c2=O)cc1. The van der Waals surface area contributed by atoms with Gasteiger partial charge in [0.1, 0.15) is 11.3 Å². The third-order valence-electron chi connectivity index (χ3n) is 6.43. The lowest BCUT2D eigenvalue weighted by Gasteiger charge is -2.13. The quantitative estimate of drug-likeness (QED) is 0.183. The molecule has 6 aromatic rings. The molecule has 0 bridgehead atoms. The molecule has 0 saturated heterocycles. The number of anilines is 1. The maximum absolute atomic E-state index is 13.6. The van der Waals surface area contributed by atoms with Crippen molar-refractivity contribution < 1.29 is 13.9 Å². The van der Waals surface area contributed by atoms with E-state index >= 15 is 0 Å². The van der Waals surface area contributed by atoms with E-state index in [1.165, 1.54) is 10.9 Å². The molecular formula is C32H22BrClN4O4. The number of fused-ring (bicyclic) bond motifs is 2. The minimum atomic E-state index is -0.381. The molecule has 2 heterocycles. The number of nitrogens with one attached hydrogen (secondary N) is 1. The minimum absolute atomic E-state index is 0.229. The molecule has 0 spiro atoms. The Morgan fingerprint density at radius 1 is 1.07 bits per heavy atom. The minimum Gasteiger partial charge on any atom is -0.482 e. The van der Waals surface area contributed by atoms with Crippen LogP contribution in [0.15, 0.2) is 110 Å². The fourth-order valence-electron chi connectivity index (χ4n) is 4.40. The normalized spacial score (nSPS) is 11.4. The zero-order valence-electron chi connectivity index (χ0n) is 22.2. The van der Waals surface area contributed by atoms with Crippen molar-refractivity contribution in [2.45, 2.75) is 6.92 Å². The summed E-state index contributed by atoms with van der Waals surface area (Å²) in [6.45, 7) is 1.70. The smallest absolute Gasteiger partial charge is 0.282 e. The summed E-state index contributed by atoms with van der Waals surface area (Å²) in [6.07, 6.45) is 1.44.